The highest BCUT2D eigenvalue weighted by Crippen LogP contribution is 2.31. The van der Waals surface area contributed by atoms with E-state index in [9.17, 15) is 18.8 Å². The Morgan fingerprint density at radius 3 is 2.78 bits per heavy atom. The fourth-order valence-electron chi connectivity index (χ4n) is 5.46. The van der Waals surface area contributed by atoms with Crippen LogP contribution in [0.5, 0.6) is 5.88 Å². The number of benzene rings is 1. The monoisotopic (exact) mass is 563 g/mol. The number of carbonyl (C=O) groups is 3. The first-order valence-corrected chi connectivity index (χ1v) is 13.9. The maximum Gasteiger partial charge on any atom is 0.257 e. The molecule has 1 saturated heterocycles. The van der Waals surface area contributed by atoms with Gasteiger partial charge in [-0.3, -0.25) is 14.4 Å². The molecule has 0 saturated carbocycles. The summed E-state index contributed by atoms with van der Waals surface area (Å²) in [6.45, 7) is 5.09. The van der Waals surface area contributed by atoms with Crippen molar-refractivity contribution in [1.82, 2.24) is 35.5 Å². The predicted molar refractivity (Wildman–Crippen MR) is 147 cm³/mol. The minimum atomic E-state index is -0.921. The Morgan fingerprint density at radius 2 is 2.00 bits per heavy atom. The number of rotatable bonds is 6. The van der Waals surface area contributed by atoms with Crippen LogP contribution in [0, 0.1) is 17.7 Å². The van der Waals surface area contributed by atoms with Gasteiger partial charge in [-0.15, -0.1) is 5.10 Å². The number of carbonyl (C=O) groups excluding carboxylic acids is 3. The van der Waals surface area contributed by atoms with E-state index in [0.717, 1.165) is 0 Å². The second-order valence-electron chi connectivity index (χ2n) is 10.9. The van der Waals surface area contributed by atoms with Crippen LogP contribution in [0.4, 0.5) is 4.39 Å². The molecule has 2 bridgehead atoms. The van der Waals surface area contributed by atoms with Crippen LogP contribution in [-0.2, 0) is 16.0 Å². The highest BCUT2D eigenvalue weighted by atomic mass is 19.1. The number of nitrogens with one attached hydrogen (secondary N) is 2. The van der Waals surface area contributed by atoms with Gasteiger partial charge in [0.2, 0.25) is 17.7 Å². The van der Waals surface area contributed by atoms with Crippen molar-refractivity contribution in [3.8, 4) is 11.6 Å². The summed E-state index contributed by atoms with van der Waals surface area (Å²) in [6, 6.07) is 8.18. The van der Waals surface area contributed by atoms with Crippen molar-refractivity contribution in [2.45, 2.75) is 51.6 Å². The largest absolute Gasteiger partial charge is 0.477 e. The number of hydrogen-bond donors (Lipinski definition) is 2. The van der Waals surface area contributed by atoms with Gasteiger partial charge in [0.25, 0.3) is 5.91 Å². The quantitative estimate of drug-likeness (QED) is 0.471. The Bertz CT molecular complexity index is 1390. The van der Waals surface area contributed by atoms with E-state index in [1.54, 1.807) is 41.6 Å². The summed E-state index contributed by atoms with van der Waals surface area (Å²) in [7, 11) is 0. The molecule has 12 heteroatoms. The maximum atomic E-state index is 13.9. The topological polar surface area (TPSA) is 131 Å². The standard InChI is InChI=1S/C29H34FN7O4/c1-18(2)32-26(38)14-19-9-12-36-16-20(19)10-13-41-28-24(4-3-11-31-28)27(39)33-25(29(36)40)15-22-17-37(35-34-22)23-7-5-21(30)6-8-23/h3-8,11,17-20,25H,9-10,12-16H2,1-2H3,(H,32,38)(H,33,39)/t19-,20-,25+/m0/s1. The molecule has 4 heterocycles. The van der Waals surface area contributed by atoms with Gasteiger partial charge in [0.05, 0.1) is 24.2 Å². The van der Waals surface area contributed by atoms with Gasteiger partial charge in [0.15, 0.2) is 0 Å². The summed E-state index contributed by atoms with van der Waals surface area (Å²) in [5.41, 5.74) is 1.33. The van der Waals surface area contributed by atoms with Gasteiger partial charge in [-0.05, 0) is 74.9 Å². The van der Waals surface area contributed by atoms with Crippen molar-refractivity contribution in [2.24, 2.45) is 11.8 Å². The molecule has 11 nitrogen and oxygen atoms in total. The zero-order valence-corrected chi connectivity index (χ0v) is 23.1. The highest BCUT2D eigenvalue weighted by Gasteiger charge is 2.37. The van der Waals surface area contributed by atoms with Crippen molar-refractivity contribution in [2.75, 3.05) is 19.7 Å². The highest BCUT2D eigenvalue weighted by molar-refractivity contribution is 5.99. The summed E-state index contributed by atoms with van der Waals surface area (Å²) >= 11 is 0. The van der Waals surface area contributed by atoms with E-state index >= 15 is 0 Å². The average molecular weight is 564 g/mol. The fourth-order valence-corrected chi connectivity index (χ4v) is 5.46. The van der Waals surface area contributed by atoms with E-state index < -0.39 is 11.9 Å². The first kappa shape index (κ1) is 28.2. The number of halogens is 1. The van der Waals surface area contributed by atoms with Gasteiger partial charge in [-0.25, -0.2) is 14.1 Å². The minimum absolute atomic E-state index is 0.00166. The van der Waals surface area contributed by atoms with Gasteiger partial charge < -0.3 is 20.3 Å². The molecule has 2 aliphatic heterocycles. The summed E-state index contributed by atoms with van der Waals surface area (Å²) in [5.74, 6) is -0.744. The molecule has 3 atom stereocenters. The Morgan fingerprint density at radius 1 is 1.20 bits per heavy atom. The normalized spacial score (nSPS) is 21.3. The first-order chi connectivity index (χ1) is 19.8. The van der Waals surface area contributed by atoms with Crippen molar-refractivity contribution in [3.63, 3.8) is 0 Å². The lowest BCUT2D eigenvalue weighted by Gasteiger charge is -2.40. The number of nitrogens with zero attached hydrogens (tertiary/aromatic N) is 5. The maximum absolute atomic E-state index is 13.9. The molecule has 0 radical (unpaired) electrons. The van der Waals surface area contributed by atoms with Gasteiger partial charge in [-0.2, -0.15) is 0 Å². The summed E-state index contributed by atoms with van der Waals surface area (Å²) in [4.78, 5) is 45.9. The smallest absolute Gasteiger partial charge is 0.257 e. The van der Waals surface area contributed by atoms with Gasteiger partial charge >= 0.3 is 0 Å². The molecule has 3 amide bonds. The Labute approximate surface area is 237 Å². The summed E-state index contributed by atoms with van der Waals surface area (Å²) in [5, 5.41) is 14.2. The number of fused-ring (bicyclic) bond motifs is 3. The summed E-state index contributed by atoms with van der Waals surface area (Å²) < 4.78 is 20.8. The van der Waals surface area contributed by atoms with E-state index in [1.165, 1.54) is 16.8 Å². The van der Waals surface area contributed by atoms with Gasteiger partial charge in [-0.1, -0.05) is 5.21 Å². The van der Waals surface area contributed by atoms with Crippen molar-refractivity contribution >= 4 is 17.7 Å². The fraction of sp³-hybridized carbons (Fsp3) is 0.448. The van der Waals surface area contributed by atoms with Crippen LogP contribution in [0.25, 0.3) is 5.69 Å². The molecule has 1 fully saturated rings. The van der Waals surface area contributed by atoms with Crippen LogP contribution in [0.3, 0.4) is 0 Å². The second-order valence-corrected chi connectivity index (χ2v) is 10.9. The van der Waals surface area contributed by atoms with E-state index in [2.05, 4.69) is 25.9 Å². The van der Waals surface area contributed by atoms with Crippen molar-refractivity contribution in [1.29, 1.82) is 0 Å². The van der Waals surface area contributed by atoms with Crippen molar-refractivity contribution in [3.05, 3.63) is 65.9 Å². The molecule has 216 valence electrons. The molecule has 41 heavy (non-hydrogen) atoms. The Balaban J connectivity index is 1.40. The average Bonchev–Trinajstić information content (AvgIpc) is 3.41. The molecular formula is C29H34FN7O4. The third-order valence-electron chi connectivity index (χ3n) is 7.49. The van der Waals surface area contributed by atoms with E-state index in [-0.39, 0.29) is 53.4 Å². The molecule has 5 rings (SSSR count). The molecular weight excluding hydrogens is 529 g/mol. The molecule has 0 aliphatic carbocycles. The molecule has 0 unspecified atom stereocenters. The number of pyridine rings is 1. The van der Waals surface area contributed by atoms with Crippen LogP contribution in [0.1, 0.15) is 49.2 Å². The third-order valence-corrected chi connectivity index (χ3v) is 7.49. The molecule has 0 spiro atoms. The minimum Gasteiger partial charge on any atom is -0.477 e. The Kier molecular flexibility index (Phi) is 8.55. The molecule has 2 aromatic heterocycles. The lowest BCUT2D eigenvalue weighted by Crippen LogP contribution is -2.54. The number of amides is 3. The second kappa shape index (κ2) is 12.4. The van der Waals surface area contributed by atoms with Crippen LogP contribution < -0.4 is 15.4 Å². The Hall–Kier alpha value is -4.35. The predicted octanol–water partition coefficient (Wildman–Crippen LogP) is 2.30. The van der Waals surface area contributed by atoms with Crippen LogP contribution in [-0.4, -0.2) is 74.4 Å². The molecule has 2 aliphatic rings. The lowest BCUT2D eigenvalue weighted by atomic mass is 9.80. The number of piperidine rings is 1. The molecule has 3 aromatic rings. The van der Waals surface area contributed by atoms with Crippen molar-refractivity contribution < 1.29 is 23.5 Å². The zero-order valence-electron chi connectivity index (χ0n) is 23.1. The first-order valence-electron chi connectivity index (χ1n) is 13.9. The SMILES string of the molecule is CC(C)NC(=O)C[C@@H]1CCN2C[C@@H]1CCOc1ncccc1C(=O)N[C@H](Cc1cn(-c3ccc(F)cc3)nn1)C2=O. The number of ether oxygens (including phenoxy) is 1. The third kappa shape index (κ3) is 6.87. The molecule has 2 N–H and O–H groups in total. The zero-order chi connectivity index (χ0) is 28.9. The van der Waals surface area contributed by atoms with Crippen LogP contribution in [0.15, 0.2) is 48.8 Å². The van der Waals surface area contributed by atoms with Crippen LogP contribution in [0.2, 0.25) is 0 Å². The number of aromatic nitrogens is 4. The number of hydrogen-bond acceptors (Lipinski definition) is 7. The van der Waals surface area contributed by atoms with E-state index in [0.29, 0.717) is 50.3 Å². The van der Waals surface area contributed by atoms with Gasteiger partial charge in [0, 0.05) is 38.2 Å². The lowest BCUT2D eigenvalue weighted by molar-refractivity contribution is -0.136. The molecule has 1 aromatic carbocycles. The van der Waals surface area contributed by atoms with Gasteiger partial charge in [0.1, 0.15) is 17.4 Å². The van der Waals surface area contributed by atoms with E-state index in [4.69, 9.17) is 4.74 Å². The summed E-state index contributed by atoms with van der Waals surface area (Å²) in [6.07, 6.45) is 4.96. The van der Waals surface area contributed by atoms with Crippen LogP contribution >= 0.6 is 0 Å². The van der Waals surface area contributed by atoms with E-state index in [1.807, 2.05) is 13.8 Å².